The smallest absolute Gasteiger partial charge is 0.255 e. The van der Waals surface area contributed by atoms with Crippen LogP contribution in [-0.4, -0.2) is 19.0 Å². The van der Waals surface area contributed by atoms with Crippen LogP contribution in [0.15, 0.2) is 24.3 Å². The third kappa shape index (κ3) is 3.45. The molecule has 0 bridgehead atoms. The summed E-state index contributed by atoms with van der Waals surface area (Å²) in [6, 6.07) is 7.47. The van der Waals surface area contributed by atoms with Gasteiger partial charge in [0.1, 0.15) is 0 Å². The highest BCUT2D eigenvalue weighted by Gasteiger charge is 2.15. The van der Waals surface area contributed by atoms with Gasteiger partial charge in [-0.2, -0.15) is 0 Å². The molecule has 0 fully saturated rings. The summed E-state index contributed by atoms with van der Waals surface area (Å²) in [6.07, 6.45) is -2.32. The lowest BCUT2D eigenvalue weighted by molar-refractivity contribution is 0.153. The SMILES string of the molecule is CC(C)N(CC(F)F)c1ccc(CN)cc1. The van der Waals surface area contributed by atoms with Crippen LogP contribution >= 0.6 is 0 Å². The number of nitrogens with two attached hydrogens (primary N) is 1. The van der Waals surface area contributed by atoms with Crippen molar-refractivity contribution in [1.82, 2.24) is 0 Å². The van der Waals surface area contributed by atoms with Gasteiger partial charge >= 0.3 is 0 Å². The molecule has 0 aromatic heterocycles. The van der Waals surface area contributed by atoms with Crippen LogP contribution < -0.4 is 10.6 Å². The monoisotopic (exact) mass is 228 g/mol. The van der Waals surface area contributed by atoms with Crippen LogP contribution in [0.5, 0.6) is 0 Å². The molecule has 0 aliphatic rings. The van der Waals surface area contributed by atoms with Crippen molar-refractivity contribution in [2.24, 2.45) is 5.73 Å². The second-order valence-corrected chi connectivity index (χ2v) is 4.01. The van der Waals surface area contributed by atoms with Crippen molar-refractivity contribution in [3.05, 3.63) is 29.8 Å². The summed E-state index contributed by atoms with van der Waals surface area (Å²) < 4.78 is 24.8. The van der Waals surface area contributed by atoms with Gasteiger partial charge in [-0.05, 0) is 31.5 Å². The molecule has 0 aliphatic heterocycles. The predicted octanol–water partition coefficient (Wildman–Crippen LogP) is 2.63. The zero-order valence-electron chi connectivity index (χ0n) is 9.66. The molecule has 0 radical (unpaired) electrons. The minimum atomic E-state index is -2.32. The molecule has 0 spiro atoms. The second-order valence-electron chi connectivity index (χ2n) is 4.01. The topological polar surface area (TPSA) is 29.3 Å². The Morgan fingerprint density at radius 2 is 1.75 bits per heavy atom. The van der Waals surface area contributed by atoms with E-state index in [-0.39, 0.29) is 12.6 Å². The van der Waals surface area contributed by atoms with Gasteiger partial charge in [0, 0.05) is 18.3 Å². The molecule has 1 rings (SSSR count). The van der Waals surface area contributed by atoms with E-state index < -0.39 is 6.43 Å². The number of anilines is 1. The third-order valence-electron chi connectivity index (χ3n) is 2.46. The van der Waals surface area contributed by atoms with Gasteiger partial charge in [-0.25, -0.2) is 8.78 Å². The van der Waals surface area contributed by atoms with Gasteiger partial charge < -0.3 is 10.6 Å². The highest BCUT2D eigenvalue weighted by molar-refractivity contribution is 5.48. The molecule has 2 N–H and O–H groups in total. The van der Waals surface area contributed by atoms with E-state index in [4.69, 9.17) is 5.73 Å². The molecule has 2 nitrogen and oxygen atoms in total. The highest BCUT2D eigenvalue weighted by Crippen LogP contribution is 2.19. The van der Waals surface area contributed by atoms with E-state index in [2.05, 4.69) is 0 Å². The van der Waals surface area contributed by atoms with Gasteiger partial charge in [-0.15, -0.1) is 0 Å². The number of halogens is 2. The van der Waals surface area contributed by atoms with Crippen molar-refractivity contribution < 1.29 is 8.78 Å². The summed E-state index contributed by atoms with van der Waals surface area (Å²) in [5.74, 6) is 0. The summed E-state index contributed by atoms with van der Waals surface area (Å²) in [5, 5.41) is 0. The average Bonchev–Trinajstić information content (AvgIpc) is 2.25. The summed E-state index contributed by atoms with van der Waals surface area (Å²) in [4.78, 5) is 1.69. The van der Waals surface area contributed by atoms with Gasteiger partial charge in [-0.3, -0.25) is 0 Å². The Labute approximate surface area is 95.1 Å². The van der Waals surface area contributed by atoms with E-state index in [1.54, 1.807) is 4.90 Å². The number of alkyl halides is 2. The van der Waals surface area contributed by atoms with Crippen molar-refractivity contribution >= 4 is 5.69 Å². The summed E-state index contributed by atoms with van der Waals surface area (Å²) in [5.41, 5.74) is 7.30. The lowest BCUT2D eigenvalue weighted by Crippen LogP contribution is -2.35. The van der Waals surface area contributed by atoms with Crippen molar-refractivity contribution in [2.45, 2.75) is 32.9 Å². The lowest BCUT2D eigenvalue weighted by Gasteiger charge is -2.28. The molecule has 0 saturated carbocycles. The molecule has 0 atom stereocenters. The number of rotatable bonds is 5. The fourth-order valence-electron chi connectivity index (χ4n) is 1.59. The molecule has 16 heavy (non-hydrogen) atoms. The fourth-order valence-corrected chi connectivity index (χ4v) is 1.59. The molecule has 1 aromatic rings. The normalized spacial score (nSPS) is 11.2. The first kappa shape index (κ1) is 12.9. The largest absolute Gasteiger partial charge is 0.363 e. The minimum absolute atomic E-state index is 0.0535. The molecular formula is C12H18F2N2. The minimum Gasteiger partial charge on any atom is -0.363 e. The zero-order valence-corrected chi connectivity index (χ0v) is 9.66. The summed E-state index contributed by atoms with van der Waals surface area (Å²) >= 11 is 0. The maximum Gasteiger partial charge on any atom is 0.255 e. The van der Waals surface area contributed by atoms with E-state index >= 15 is 0 Å². The number of hydrogen-bond donors (Lipinski definition) is 1. The van der Waals surface area contributed by atoms with Gasteiger partial charge in [0.2, 0.25) is 0 Å². The van der Waals surface area contributed by atoms with E-state index in [0.29, 0.717) is 6.54 Å². The fraction of sp³-hybridized carbons (Fsp3) is 0.500. The molecule has 0 saturated heterocycles. The quantitative estimate of drug-likeness (QED) is 0.839. The lowest BCUT2D eigenvalue weighted by atomic mass is 10.1. The number of benzene rings is 1. The van der Waals surface area contributed by atoms with Crippen LogP contribution in [0.1, 0.15) is 19.4 Å². The Kier molecular flexibility index (Phi) is 4.68. The van der Waals surface area contributed by atoms with E-state index in [1.807, 2.05) is 38.1 Å². The average molecular weight is 228 g/mol. The van der Waals surface area contributed by atoms with Gasteiger partial charge in [0.15, 0.2) is 0 Å². The second kappa shape index (κ2) is 5.80. The van der Waals surface area contributed by atoms with Crippen LogP contribution in [0, 0.1) is 0 Å². The Morgan fingerprint density at radius 3 is 2.12 bits per heavy atom. The Balaban J connectivity index is 2.84. The molecule has 0 heterocycles. The molecule has 4 heteroatoms. The van der Waals surface area contributed by atoms with Crippen LogP contribution in [-0.2, 0) is 6.54 Å². The maximum absolute atomic E-state index is 12.4. The first-order chi connectivity index (χ1) is 7.54. The Hall–Kier alpha value is -1.16. The number of hydrogen-bond acceptors (Lipinski definition) is 2. The van der Waals surface area contributed by atoms with Crippen molar-refractivity contribution in [2.75, 3.05) is 11.4 Å². The van der Waals surface area contributed by atoms with Crippen molar-refractivity contribution in [3.63, 3.8) is 0 Å². The molecular weight excluding hydrogens is 210 g/mol. The molecule has 0 aliphatic carbocycles. The van der Waals surface area contributed by atoms with Gasteiger partial charge in [0.05, 0.1) is 6.54 Å². The third-order valence-corrected chi connectivity index (χ3v) is 2.46. The van der Waals surface area contributed by atoms with Crippen LogP contribution in [0.2, 0.25) is 0 Å². The van der Waals surface area contributed by atoms with E-state index in [9.17, 15) is 8.78 Å². The first-order valence-electron chi connectivity index (χ1n) is 5.38. The first-order valence-corrected chi connectivity index (χ1v) is 5.38. The van der Waals surface area contributed by atoms with Crippen LogP contribution in [0.25, 0.3) is 0 Å². The van der Waals surface area contributed by atoms with Gasteiger partial charge in [-0.1, -0.05) is 12.1 Å². The maximum atomic E-state index is 12.4. The van der Waals surface area contributed by atoms with Crippen molar-refractivity contribution in [1.29, 1.82) is 0 Å². The summed E-state index contributed by atoms with van der Waals surface area (Å²) in [7, 11) is 0. The molecule has 0 unspecified atom stereocenters. The standard InChI is InChI=1S/C12H18F2N2/c1-9(2)16(8-12(13)14)11-5-3-10(7-15)4-6-11/h3-6,9,12H,7-8,15H2,1-2H3. The number of nitrogens with zero attached hydrogens (tertiary/aromatic N) is 1. The molecule has 90 valence electrons. The van der Waals surface area contributed by atoms with Crippen LogP contribution in [0.3, 0.4) is 0 Å². The van der Waals surface area contributed by atoms with Crippen molar-refractivity contribution in [3.8, 4) is 0 Å². The van der Waals surface area contributed by atoms with E-state index in [1.165, 1.54) is 0 Å². The molecule has 1 aromatic carbocycles. The predicted molar refractivity (Wildman–Crippen MR) is 62.8 cm³/mol. The molecule has 0 amide bonds. The Bertz CT molecular complexity index is 309. The van der Waals surface area contributed by atoms with Crippen LogP contribution in [0.4, 0.5) is 14.5 Å². The highest BCUT2D eigenvalue weighted by atomic mass is 19.3. The zero-order chi connectivity index (χ0) is 12.1. The Morgan fingerprint density at radius 1 is 1.19 bits per heavy atom. The summed E-state index contributed by atoms with van der Waals surface area (Å²) in [6.45, 7) is 4.04. The van der Waals surface area contributed by atoms with Gasteiger partial charge in [0.25, 0.3) is 6.43 Å². The van der Waals surface area contributed by atoms with E-state index in [0.717, 1.165) is 11.3 Å².